The Labute approximate surface area is 219 Å². The van der Waals surface area contributed by atoms with E-state index in [1.165, 1.54) is 0 Å². The standard InChI is InChI=1S/2C4H10NO7S2.2Na/c2*6-5(1-3-13(7,8)9)2-4-14(10,11)12;;/h2*1-4H2,(H,7,8,9)(H,10,11,12);;/q2*-1;2*+1. The van der Waals surface area contributed by atoms with Gasteiger partial charge < -0.3 is 20.5 Å². The Morgan fingerprint density at radius 2 is 0.600 bits per heavy atom. The molecule has 0 radical (unpaired) electrons. The van der Waals surface area contributed by atoms with Crippen molar-refractivity contribution in [2.75, 3.05) is 49.2 Å². The van der Waals surface area contributed by atoms with Gasteiger partial charge in [-0.1, -0.05) is 0 Å². The van der Waals surface area contributed by atoms with Crippen molar-refractivity contribution in [2.45, 2.75) is 0 Å². The fourth-order valence-electron chi connectivity index (χ4n) is 1.09. The van der Waals surface area contributed by atoms with E-state index in [-0.39, 0.29) is 69.2 Å². The summed E-state index contributed by atoms with van der Waals surface area (Å²) in [6, 6.07) is 0. The summed E-state index contributed by atoms with van der Waals surface area (Å²) in [6.07, 6.45) is 0. The molecule has 0 heterocycles. The zero-order valence-electron chi connectivity index (χ0n) is 16.1. The minimum atomic E-state index is -4.23. The van der Waals surface area contributed by atoms with E-state index in [9.17, 15) is 44.1 Å². The number of hydrogen-bond acceptors (Lipinski definition) is 12. The van der Waals surface area contributed by atoms with Gasteiger partial charge in [-0.15, -0.1) is 0 Å². The van der Waals surface area contributed by atoms with Crippen LogP contribution in [-0.2, 0) is 40.5 Å². The van der Waals surface area contributed by atoms with Gasteiger partial charge in [-0.2, -0.15) is 33.7 Å². The molecule has 0 bridgehead atoms. The number of nitrogens with zero attached hydrogens (tertiary/aromatic N) is 2. The summed E-state index contributed by atoms with van der Waals surface area (Å²) >= 11 is 0. The van der Waals surface area contributed by atoms with Crippen LogP contribution in [0.4, 0.5) is 0 Å². The first-order valence-corrected chi connectivity index (χ1v) is 13.3. The van der Waals surface area contributed by atoms with Crippen LogP contribution in [0.5, 0.6) is 0 Å². The van der Waals surface area contributed by atoms with Crippen LogP contribution >= 0.6 is 0 Å². The Kier molecular flexibility index (Phi) is 21.9. The first-order valence-electron chi connectivity index (χ1n) is 6.85. The fourth-order valence-corrected chi connectivity index (χ4v) is 2.83. The molecule has 0 aromatic rings. The largest absolute Gasteiger partial charge is 1.00 e. The third-order valence-electron chi connectivity index (χ3n) is 2.39. The normalized spacial score (nSPS) is 12.5. The molecule has 0 aromatic heterocycles. The van der Waals surface area contributed by atoms with E-state index in [1.54, 1.807) is 0 Å². The van der Waals surface area contributed by atoms with Gasteiger partial charge in [0.05, 0.1) is 23.0 Å². The minimum Gasteiger partial charge on any atom is -0.785 e. The summed E-state index contributed by atoms with van der Waals surface area (Å²) in [5.74, 6) is -3.10. The van der Waals surface area contributed by atoms with Gasteiger partial charge in [0.1, 0.15) is 0 Å². The van der Waals surface area contributed by atoms with Crippen molar-refractivity contribution in [3.63, 3.8) is 0 Å². The second-order valence-corrected chi connectivity index (χ2v) is 11.3. The van der Waals surface area contributed by atoms with Crippen molar-refractivity contribution in [1.82, 2.24) is 10.1 Å². The monoisotopic (exact) mass is 542 g/mol. The molecule has 0 aromatic carbocycles. The number of hydroxylamine groups is 4. The van der Waals surface area contributed by atoms with E-state index in [2.05, 4.69) is 0 Å². The summed E-state index contributed by atoms with van der Waals surface area (Å²) in [5, 5.41) is 21.7. The Balaban J connectivity index is -0.000000211. The van der Waals surface area contributed by atoms with Crippen LogP contribution in [0.1, 0.15) is 0 Å². The fraction of sp³-hybridized carbons (Fsp3) is 1.00. The van der Waals surface area contributed by atoms with Gasteiger partial charge in [-0.3, -0.25) is 18.2 Å². The Bertz CT molecular complexity index is 727. The maximum Gasteiger partial charge on any atom is 1.00 e. The summed E-state index contributed by atoms with van der Waals surface area (Å²) in [5.41, 5.74) is 0. The molecule has 0 aliphatic rings. The molecule has 30 heavy (non-hydrogen) atoms. The van der Waals surface area contributed by atoms with Crippen LogP contribution in [0.2, 0.25) is 0 Å². The van der Waals surface area contributed by atoms with E-state index in [4.69, 9.17) is 18.2 Å². The molecule has 172 valence electrons. The van der Waals surface area contributed by atoms with E-state index in [0.717, 1.165) is 0 Å². The number of rotatable bonds is 12. The van der Waals surface area contributed by atoms with Gasteiger partial charge in [0.15, 0.2) is 0 Å². The van der Waals surface area contributed by atoms with Crippen LogP contribution in [0.25, 0.3) is 0 Å². The average Bonchev–Trinajstić information content (AvgIpc) is 2.44. The second-order valence-electron chi connectivity index (χ2n) is 5.00. The molecule has 0 saturated carbocycles. The Morgan fingerprint density at radius 1 is 0.467 bits per heavy atom. The zero-order valence-corrected chi connectivity index (χ0v) is 23.3. The third-order valence-corrected chi connectivity index (χ3v) is 5.19. The molecular weight excluding hydrogens is 522 g/mol. The molecule has 0 spiro atoms. The molecule has 4 N–H and O–H groups in total. The van der Waals surface area contributed by atoms with Crippen molar-refractivity contribution in [1.29, 1.82) is 0 Å². The molecule has 0 atom stereocenters. The van der Waals surface area contributed by atoms with E-state index in [1.807, 2.05) is 0 Å². The van der Waals surface area contributed by atoms with Gasteiger partial charge >= 0.3 is 59.1 Å². The summed E-state index contributed by atoms with van der Waals surface area (Å²) in [4.78, 5) is 0. The Morgan fingerprint density at radius 3 is 0.700 bits per heavy atom. The smallest absolute Gasteiger partial charge is 0.785 e. The molecule has 22 heteroatoms. The molecule has 0 rings (SSSR count). The van der Waals surface area contributed by atoms with E-state index in [0.29, 0.717) is 0 Å². The minimum absolute atomic E-state index is 0. The van der Waals surface area contributed by atoms with Crippen molar-refractivity contribution in [2.24, 2.45) is 0 Å². The predicted octanol–water partition coefficient (Wildman–Crippen LogP) is -8.87. The van der Waals surface area contributed by atoms with Gasteiger partial charge in [-0.25, -0.2) is 0 Å². The van der Waals surface area contributed by atoms with E-state index >= 15 is 0 Å². The SMILES string of the molecule is O=S(=O)(O)CCN([O-])CCS(=O)(=O)O.O=S(=O)(O)CCN([O-])CCS(=O)(=O)O.[Na+].[Na+]. The van der Waals surface area contributed by atoms with Crippen LogP contribution in [0.3, 0.4) is 0 Å². The quantitative estimate of drug-likeness (QED) is 0.101. The molecule has 0 saturated heterocycles. The van der Waals surface area contributed by atoms with Crippen molar-refractivity contribution in [3.8, 4) is 0 Å². The molecular formula is C8H20N2Na2O14S4. The summed E-state index contributed by atoms with van der Waals surface area (Å²) < 4.78 is 114. The molecule has 0 unspecified atom stereocenters. The molecule has 0 aliphatic heterocycles. The topological polar surface area (TPSA) is 270 Å². The maximum atomic E-state index is 10.7. The number of hydrogen-bond donors (Lipinski definition) is 4. The van der Waals surface area contributed by atoms with Crippen molar-refractivity contribution in [3.05, 3.63) is 10.4 Å². The van der Waals surface area contributed by atoms with Gasteiger partial charge in [0.2, 0.25) is 0 Å². The van der Waals surface area contributed by atoms with Gasteiger partial charge in [0, 0.05) is 26.2 Å². The molecule has 0 amide bonds. The first-order chi connectivity index (χ1) is 12.2. The second kappa shape index (κ2) is 17.0. The van der Waals surface area contributed by atoms with Gasteiger partial charge in [-0.05, 0) is 0 Å². The Hall–Kier alpha value is 1.48. The van der Waals surface area contributed by atoms with Crippen LogP contribution < -0.4 is 59.1 Å². The zero-order chi connectivity index (χ0) is 22.8. The maximum absolute atomic E-state index is 10.7. The van der Waals surface area contributed by atoms with Crippen LogP contribution in [0, 0.1) is 10.4 Å². The third kappa shape index (κ3) is 36.8. The first kappa shape index (κ1) is 38.7. The van der Waals surface area contributed by atoms with Crippen LogP contribution in [0.15, 0.2) is 0 Å². The molecule has 0 aliphatic carbocycles. The average molecular weight is 542 g/mol. The van der Waals surface area contributed by atoms with Gasteiger partial charge in [0.25, 0.3) is 40.5 Å². The van der Waals surface area contributed by atoms with E-state index < -0.39 is 89.7 Å². The summed E-state index contributed by atoms with van der Waals surface area (Å²) in [7, 11) is -16.9. The summed E-state index contributed by atoms with van der Waals surface area (Å²) in [6.45, 7) is -2.19. The van der Waals surface area contributed by atoms with Crippen molar-refractivity contribution >= 4 is 40.5 Å². The molecule has 0 fully saturated rings. The van der Waals surface area contributed by atoms with Crippen molar-refractivity contribution < 1.29 is 111 Å². The predicted molar refractivity (Wildman–Crippen MR) is 95.5 cm³/mol. The van der Waals surface area contributed by atoms with Crippen LogP contribution in [-0.4, -0.2) is 111 Å². The molecule has 16 nitrogen and oxygen atoms in total.